The Balaban J connectivity index is 1.52. The van der Waals surface area contributed by atoms with Crippen LogP contribution in [0.4, 0.5) is 11.5 Å². The van der Waals surface area contributed by atoms with E-state index in [1.807, 2.05) is 29.1 Å². The Hall–Kier alpha value is -2.18. The van der Waals surface area contributed by atoms with Crippen LogP contribution in [0.25, 0.3) is 0 Å². The van der Waals surface area contributed by atoms with Gasteiger partial charge in [-0.3, -0.25) is 4.68 Å². The van der Waals surface area contributed by atoms with Gasteiger partial charge in [0.25, 0.3) is 0 Å². The smallest absolute Gasteiger partial charge is 0.176 e. The van der Waals surface area contributed by atoms with Gasteiger partial charge in [0.1, 0.15) is 0 Å². The molecule has 3 aromatic rings. The number of anilines is 2. The zero-order chi connectivity index (χ0) is 19.1. The third-order valence-corrected chi connectivity index (χ3v) is 4.90. The number of nitrogens with one attached hydrogen (secondary N) is 2. The number of halogens is 1. The number of hydrogen-bond donors (Lipinski definition) is 2. The molecule has 0 bridgehead atoms. The number of thiocarbonyl (C=S) groups is 1. The molecule has 2 aromatic carbocycles. The Morgan fingerprint density at radius 3 is 2.41 bits per heavy atom. The lowest BCUT2D eigenvalue weighted by molar-refractivity contribution is 0.690. The van der Waals surface area contributed by atoms with Gasteiger partial charge in [0.05, 0.1) is 6.54 Å². The van der Waals surface area contributed by atoms with Crippen molar-refractivity contribution in [2.75, 3.05) is 10.6 Å². The molecule has 0 radical (unpaired) electrons. The highest BCUT2D eigenvalue weighted by Crippen LogP contribution is 2.14. The van der Waals surface area contributed by atoms with Gasteiger partial charge in [-0.2, -0.15) is 5.10 Å². The van der Waals surface area contributed by atoms with Crippen molar-refractivity contribution in [3.05, 3.63) is 76.4 Å². The fourth-order valence-corrected chi connectivity index (χ4v) is 3.19. The van der Waals surface area contributed by atoms with Gasteiger partial charge in [-0.05, 0) is 60.5 Å². The van der Waals surface area contributed by atoms with E-state index in [2.05, 4.69) is 75.0 Å². The lowest BCUT2D eigenvalue weighted by Gasteiger charge is -2.09. The van der Waals surface area contributed by atoms with Gasteiger partial charge in [0, 0.05) is 22.4 Å². The molecule has 0 atom stereocenters. The summed E-state index contributed by atoms with van der Waals surface area (Å²) in [6.45, 7) is 2.93. The summed E-state index contributed by atoms with van der Waals surface area (Å²) < 4.78 is 2.96. The molecule has 6 heteroatoms. The maximum absolute atomic E-state index is 5.40. The average molecular weight is 443 g/mol. The van der Waals surface area contributed by atoms with Crippen molar-refractivity contribution >= 4 is 44.8 Å². The second-order valence-electron chi connectivity index (χ2n) is 6.40. The Morgan fingerprint density at radius 1 is 1.00 bits per heavy atom. The highest BCUT2D eigenvalue weighted by atomic mass is 79.9. The molecule has 0 aliphatic carbocycles. The lowest BCUT2D eigenvalue weighted by Crippen LogP contribution is -2.19. The maximum atomic E-state index is 5.40. The van der Waals surface area contributed by atoms with Gasteiger partial charge >= 0.3 is 0 Å². The van der Waals surface area contributed by atoms with E-state index in [4.69, 9.17) is 12.2 Å². The normalized spacial score (nSPS) is 10.6. The molecule has 2 N–H and O–H groups in total. The first-order valence-electron chi connectivity index (χ1n) is 9.07. The lowest BCUT2D eigenvalue weighted by atomic mass is 10.1. The van der Waals surface area contributed by atoms with Gasteiger partial charge in [-0.15, -0.1) is 0 Å². The predicted molar refractivity (Wildman–Crippen MR) is 120 cm³/mol. The minimum atomic E-state index is 0.533. The molecule has 0 aliphatic heterocycles. The van der Waals surface area contributed by atoms with E-state index in [-0.39, 0.29) is 0 Å². The van der Waals surface area contributed by atoms with Crippen molar-refractivity contribution < 1.29 is 0 Å². The molecular formula is C21H23BrN4S. The Labute approximate surface area is 174 Å². The Morgan fingerprint density at radius 2 is 1.70 bits per heavy atom. The van der Waals surface area contributed by atoms with E-state index in [1.54, 1.807) is 0 Å². The summed E-state index contributed by atoms with van der Waals surface area (Å²) in [5.74, 6) is 0.726. The molecule has 0 fully saturated rings. The standard InChI is InChI=1S/C21H23BrN4S/c1-2-3-4-16-7-11-19(12-8-16)23-21(27)24-20-13-14-26(25-20)15-17-5-9-18(22)10-6-17/h5-14H,2-4,15H2,1H3,(H2,23,24,25,27). The molecule has 1 aromatic heterocycles. The van der Waals surface area contributed by atoms with Gasteiger partial charge in [-0.1, -0.05) is 53.5 Å². The van der Waals surface area contributed by atoms with E-state index in [0.29, 0.717) is 11.7 Å². The van der Waals surface area contributed by atoms with Crippen molar-refractivity contribution in [2.45, 2.75) is 32.7 Å². The van der Waals surface area contributed by atoms with Crippen LogP contribution < -0.4 is 10.6 Å². The van der Waals surface area contributed by atoms with Crippen LogP contribution in [0.1, 0.15) is 30.9 Å². The van der Waals surface area contributed by atoms with Crippen LogP contribution in [-0.2, 0) is 13.0 Å². The van der Waals surface area contributed by atoms with Gasteiger partial charge in [0.2, 0.25) is 0 Å². The predicted octanol–water partition coefficient (Wildman–Crippen LogP) is 5.85. The highest BCUT2D eigenvalue weighted by Gasteiger charge is 2.04. The van der Waals surface area contributed by atoms with Crippen LogP contribution in [-0.4, -0.2) is 14.9 Å². The van der Waals surface area contributed by atoms with Crippen molar-refractivity contribution in [2.24, 2.45) is 0 Å². The molecule has 0 amide bonds. The fourth-order valence-electron chi connectivity index (χ4n) is 2.71. The summed E-state index contributed by atoms with van der Waals surface area (Å²) >= 11 is 8.85. The number of hydrogen-bond acceptors (Lipinski definition) is 2. The fraction of sp³-hybridized carbons (Fsp3) is 0.238. The van der Waals surface area contributed by atoms with Crippen LogP contribution >= 0.6 is 28.1 Å². The van der Waals surface area contributed by atoms with Crippen molar-refractivity contribution in [3.8, 4) is 0 Å². The molecule has 0 aliphatic rings. The molecule has 0 saturated carbocycles. The first-order chi connectivity index (χ1) is 13.1. The maximum Gasteiger partial charge on any atom is 0.176 e. The first-order valence-corrected chi connectivity index (χ1v) is 10.3. The molecule has 1 heterocycles. The van der Waals surface area contributed by atoms with Crippen LogP contribution in [0.3, 0.4) is 0 Å². The molecule has 27 heavy (non-hydrogen) atoms. The van der Waals surface area contributed by atoms with E-state index >= 15 is 0 Å². The summed E-state index contributed by atoms with van der Waals surface area (Å²) in [5, 5.41) is 11.4. The summed E-state index contributed by atoms with van der Waals surface area (Å²) in [4.78, 5) is 0. The minimum Gasteiger partial charge on any atom is -0.332 e. The van der Waals surface area contributed by atoms with E-state index < -0.39 is 0 Å². The SMILES string of the molecule is CCCCc1ccc(NC(=S)Nc2ccn(Cc3ccc(Br)cc3)n2)cc1. The summed E-state index contributed by atoms with van der Waals surface area (Å²) in [7, 11) is 0. The molecule has 0 unspecified atom stereocenters. The third-order valence-electron chi connectivity index (χ3n) is 4.17. The van der Waals surface area contributed by atoms with Crippen LogP contribution in [0.15, 0.2) is 65.3 Å². The largest absolute Gasteiger partial charge is 0.332 e. The molecular weight excluding hydrogens is 420 g/mol. The number of aromatic nitrogens is 2. The first kappa shape index (κ1) is 19.6. The summed E-state index contributed by atoms with van der Waals surface area (Å²) in [6.07, 6.45) is 5.49. The summed E-state index contributed by atoms with van der Waals surface area (Å²) in [5.41, 5.74) is 3.52. The molecule has 140 valence electrons. The highest BCUT2D eigenvalue weighted by molar-refractivity contribution is 9.10. The molecule has 4 nitrogen and oxygen atoms in total. The Kier molecular flexibility index (Phi) is 7.01. The minimum absolute atomic E-state index is 0.533. The van der Waals surface area contributed by atoms with Crippen molar-refractivity contribution in [1.82, 2.24) is 9.78 Å². The zero-order valence-corrected chi connectivity index (χ0v) is 17.7. The number of benzene rings is 2. The number of nitrogens with zero attached hydrogens (tertiary/aromatic N) is 2. The molecule has 0 spiro atoms. The van der Waals surface area contributed by atoms with E-state index in [0.717, 1.165) is 22.4 Å². The molecule has 3 rings (SSSR count). The van der Waals surface area contributed by atoms with Gasteiger partial charge < -0.3 is 10.6 Å². The van der Waals surface area contributed by atoms with Gasteiger partial charge in [0.15, 0.2) is 10.9 Å². The number of unbranched alkanes of at least 4 members (excludes halogenated alkanes) is 1. The number of rotatable bonds is 7. The average Bonchev–Trinajstić information content (AvgIpc) is 3.09. The van der Waals surface area contributed by atoms with E-state index in [1.165, 1.54) is 24.0 Å². The van der Waals surface area contributed by atoms with Crippen LogP contribution in [0.5, 0.6) is 0 Å². The second-order valence-corrected chi connectivity index (χ2v) is 7.73. The quantitative estimate of drug-likeness (QED) is 0.450. The van der Waals surface area contributed by atoms with Crippen LogP contribution in [0.2, 0.25) is 0 Å². The third kappa shape index (κ3) is 6.19. The topological polar surface area (TPSA) is 41.9 Å². The van der Waals surface area contributed by atoms with E-state index in [9.17, 15) is 0 Å². The van der Waals surface area contributed by atoms with Crippen molar-refractivity contribution in [1.29, 1.82) is 0 Å². The molecule has 0 saturated heterocycles. The monoisotopic (exact) mass is 442 g/mol. The van der Waals surface area contributed by atoms with Gasteiger partial charge in [-0.25, -0.2) is 0 Å². The number of aryl methyl sites for hydroxylation is 1. The Bertz CT molecular complexity index is 872. The second kappa shape index (κ2) is 9.67. The van der Waals surface area contributed by atoms with Crippen LogP contribution in [0, 0.1) is 0 Å². The summed E-state index contributed by atoms with van der Waals surface area (Å²) in [6, 6.07) is 18.6. The zero-order valence-electron chi connectivity index (χ0n) is 15.3. The van der Waals surface area contributed by atoms with Crippen molar-refractivity contribution in [3.63, 3.8) is 0 Å².